The number of carbonyl (C=O) groups excluding carboxylic acids is 1. The third-order valence-electron chi connectivity index (χ3n) is 5.15. The van der Waals surface area contributed by atoms with Gasteiger partial charge in [-0.1, -0.05) is 24.3 Å². The number of hydrogen-bond acceptors (Lipinski definition) is 2. The predicted octanol–water partition coefficient (Wildman–Crippen LogP) is 4.83. The van der Waals surface area contributed by atoms with E-state index in [1.807, 2.05) is 19.1 Å². The number of carbonyl (C=O) groups is 1. The second-order valence-electron chi connectivity index (χ2n) is 6.86. The maximum Gasteiger partial charge on any atom is 0.248 e. The number of aryl methyl sites for hydroxylation is 2. The SMILES string of the molecule is CCn1c2ccccc2c2cc(CNc3ccc(C(N)=O)cc3C)ccc21. The van der Waals surface area contributed by atoms with Crippen LogP contribution in [0.5, 0.6) is 0 Å². The van der Waals surface area contributed by atoms with E-state index in [9.17, 15) is 4.79 Å². The van der Waals surface area contributed by atoms with Gasteiger partial charge in [0.1, 0.15) is 0 Å². The van der Waals surface area contributed by atoms with Crippen LogP contribution in [0.15, 0.2) is 60.7 Å². The van der Waals surface area contributed by atoms with Gasteiger partial charge in [0.2, 0.25) is 5.91 Å². The number of nitrogens with one attached hydrogen (secondary N) is 1. The first-order valence-electron chi connectivity index (χ1n) is 9.22. The summed E-state index contributed by atoms with van der Waals surface area (Å²) in [6.07, 6.45) is 0. The number of fused-ring (bicyclic) bond motifs is 3. The topological polar surface area (TPSA) is 60.1 Å². The Morgan fingerprint density at radius 2 is 1.78 bits per heavy atom. The Bertz CT molecular complexity index is 1160. The number of aromatic nitrogens is 1. The summed E-state index contributed by atoms with van der Waals surface area (Å²) < 4.78 is 2.36. The van der Waals surface area contributed by atoms with Crippen molar-refractivity contribution in [3.63, 3.8) is 0 Å². The Labute approximate surface area is 158 Å². The summed E-state index contributed by atoms with van der Waals surface area (Å²) in [4.78, 5) is 11.3. The Balaban J connectivity index is 1.65. The van der Waals surface area contributed by atoms with E-state index < -0.39 is 5.91 Å². The van der Waals surface area contributed by atoms with E-state index >= 15 is 0 Å². The molecule has 4 aromatic rings. The fourth-order valence-corrected chi connectivity index (χ4v) is 3.76. The maximum absolute atomic E-state index is 11.3. The molecule has 0 fully saturated rings. The molecule has 4 rings (SSSR count). The molecule has 0 unspecified atom stereocenters. The zero-order chi connectivity index (χ0) is 19.0. The van der Waals surface area contributed by atoms with Crippen molar-refractivity contribution in [2.75, 3.05) is 5.32 Å². The Kier molecular flexibility index (Phi) is 4.32. The summed E-state index contributed by atoms with van der Waals surface area (Å²) in [5.74, 6) is -0.401. The highest BCUT2D eigenvalue weighted by Crippen LogP contribution is 2.30. The highest BCUT2D eigenvalue weighted by Gasteiger charge is 2.10. The van der Waals surface area contributed by atoms with Crippen LogP contribution in [0.4, 0.5) is 5.69 Å². The molecule has 0 spiro atoms. The van der Waals surface area contributed by atoms with E-state index in [2.05, 4.69) is 59.3 Å². The number of nitrogens with two attached hydrogens (primary N) is 1. The molecule has 1 heterocycles. The average molecular weight is 357 g/mol. The highest BCUT2D eigenvalue weighted by molar-refractivity contribution is 6.08. The number of hydrogen-bond donors (Lipinski definition) is 2. The molecule has 3 N–H and O–H groups in total. The van der Waals surface area contributed by atoms with Crippen molar-refractivity contribution < 1.29 is 4.79 Å². The van der Waals surface area contributed by atoms with Crippen LogP contribution in [0.1, 0.15) is 28.4 Å². The second-order valence-corrected chi connectivity index (χ2v) is 6.86. The van der Waals surface area contributed by atoms with Crippen LogP contribution in [0.2, 0.25) is 0 Å². The minimum Gasteiger partial charge on any atom is -0.381 e. The molecule has 4 heteroatoms. The van der Waals surface area contributed by atoms with Crippen molar-refractivity contribution in [3.8, 4) is 0 Å². The van der Waals surface area contributed by atoms with Crippen molar-refractivity contribution in [1.82, 2.24) is 4.57 Å². The third kappa shape index (κ3) is 3.04. The molecule has 0 radical (unpaired) electrons. The summed E-state index contributed by atoms with van der Waals surface area (Å²) in [5, 5.41) is 6.04. The monoisotopic (exact) mass is 357 g/mol. The van der Waals surface area contributed by atoms with Gasteiger partial charge in [0.05, 0.1) is 0 Å². The van der Waals surface area contributed by atoms with Crippen molar-refractivity contribution in [2.45, 2.75) is 26.9 Å². The first kappa shape index (κ1) is 17.2. The molecule has 0 aliphatic heterocycles. The molecule has 1 aromatic heterocycles. The van der Waals surface area contributed by atoms with Gasteiger partial charge < -0.3 is 15.6 Å². The minimum absolute atomic E-state index is 0.401. The van der Waals surface area contributed by atoms with Crippen LogP contribution in [0.25, 0.3) is 21.8 Å². The molecule has 0 aliphatic rings. The number of primary amides is 1. The summed E-state index contributed by atoms with van der Waals surface area (Å²) in [5.41, 5.74) is 11.7. The van der Waals surface area contributed by atoms with E-state index in [4.69, 9.17) is 5.73 Å². The fraction of sp³-hybridized carbons (Fsp3) is 0.174. The molecule has 27 heavy (non-hydrogen) atoms. The van der Waals surface area contributed by atoms with Crippen LogP contribution in [-0.4, -0.2) is 10.5 Å². The van der Waals surface area contributed by atoms with Crippen LogP contribution >= 0.6 is 0 Å². The van der Waals surface area contributed by atoms with Crippen LogP contribution in [-0.2, 0) is 13.1 Å². The van der Waals surface area contributed by atoms with Crippen LogP contribution < -0.4 is 11.1 Å². The lowest BCUT2D eigenvalue weighted by molar-refractivity contribution is 0.1000. The number of anilines is 1. The van der Waals surface area contributed by atoms with Crippen molar-refractivity contribution in [1.29, 1.82) is 0 Å². The lowest BCUT2D eigenvalue weighted by Crippen LogP contribution is -2.11. The number of nitrogens with zero attached hydrogens (tertiary/aromatic N) is 1. The van der Waals surface area contributed by atoms with Gasteiger partial charge in [0, 0.05) is 46.1 Å². The van der Waals surface area contributed by atoms with Gasteiger partial charge in [-0.05, 0) is 61.4 Å². The predicted molar refractivity (Wildman–Crippen MR) is 112 cm³/mol. The molecule has 0 bridgehead atoms. The van der Waals surface area contributed by atoms with E-state index in [1.54, 1.807) is 6.07 Å². The van der Waals surface area contributed by atoms with Gasteiger partial charge in [-0.25, -0.2) is 0 Å². The Hall–Kier alpha value is -3.27. The Morgan fingerprint density at radius 3 is 2.52 bits per heavy atom. The van der Waals surface area contributed by atoms with Gasteiger partial charge in [-0.3, -0.25) is 4.79 Å². The van der Waals surface area contributed by atoms with Gasteiger partial charge in [0.15, 0.2) is 0 Å². The largest absolute Gasteiger partial charge is 0.381 e. The zero-order valence-corrected chi connectivity index (χ0v) is 15.6. The van der Waals surface area contributed by atoms with Gasteiger partial charge in [-0.2, -0.15) is 0 Å². The summed E-state index contributed by atoms with van der Waals surface area (Å²) >= 11 is 0. The Morgan fingerprint density at radius 1 is 1.00 bits per heavy atom. The second kappa shape index (κ2) is 6.80. The smallest absolute Gasteiger partial charge is 0.248 e. The summed E-state index contributed by atoms with van der Waals surface area (Å²) in [7, 11) is 0. The summed E-state index contributed by atoms with van der Waals surface area (Å²) in [6.45, 7) is 5.83. The lowest BCUT2D eigenvalue weighted by Gasteiger charge is -2.11. The molecule has 0 saturated heterocycles. The molecule has 136 valence electrons. The molecule has 0 atom stereocenters. The fourth-order valence-electron chi connectivity index (χ4n) is 3.76. The van der Waals surface area contributed by atoms with Gasteiger partial charge in [0.25, 0.3) is 0 Å². The van der Waals surface area contributed by atoms with Gasteiger partial charge in [-0.15, -0.1) is 0 Å². The van der Waals surface area contributed by atoms with Crippen molar-refractivity contribution in [2.24, 2.45) is 5.73 Å². The molecular formula is C23H23N3O. The first-order chi connectivity index (χ1) is 13.1. The minimum atomic E-state index is -0.401. The molecule has 0 saturated carbocycles. The zero-order valence-electron chi connectivity index (χ0n) is 15.6. The molecular weight excluding hydrogens is 334 g/mol. The number of rotatable bonds is 5. The van der Waals surface area contributed by atoms with Crippen LogP contribution in [0, 0.1) is 6.92 Å². The normalized spacial score (nSPS) is 11.2. The van der Waals surface area contributed by atoms with Gasteiger partial charge >= 0.3 is 0 Å². The molecule has 4 nitrogen and oxygen atoms in total. The molecule has 0 aliphatic carbocycles. The molecule has 3 aromatic carbocycles. The quantitative estimate of drug-likeness (QED) is 0.537. The number of amides is 1. The molecule has 1 amide bonds. The number of benzene rings is 3. The van der Waals surface area contributed by atoms with E-state index in [1.165, 1.54) is 27.4 Å². The van der Waals surface area contributed by atoms with Crippen LogP contribution in [0.3, 0.4) is 0 Å². The maximum atomic E-state index is 11.3. The highest BCUT2D eigenvalue weighted by atomic mass is 16.1. The third-order valence-corrected chi connectivity index (χ3v) is 5.15. The summed E-state index contributed by atoms with van der Waals surface area (Å²) in [6, 6.07) is 20.7. The van der Waals surface area contributed by atoms with E-state index in [0.717, 1.165) is 24.3 Å². The lowest BCUT2D eigenvalue weighted by atomic mass is 10.1. The number of para-hydroxylation sites is 1. The van der Waals surface area contributed by atoms with E-state index in [-0.39, 0.29) is 0 Å². The van der Waals surface area contributed by atoms with Crippen molar-refractivity contribution in [3.05, 3.63) is 77.4 Å². The van der Waals surface area contributed by atoms with E-state index in [0.29, 0.717) is 5.56 Å². The average Bonchev–Trinajstić information content (AvgIpc) is 3.00. The van der Waals surface area contributed by atoms with Crippen molar-refractivity contribution >= 4 is 33.4 Å². The standard InChI is InChI=1S/C23H23N3O/c1-3-26-21-7-5-4-6-18(21)19-13-16(8-11-22(19)26)14-25-20-10-9-17(23(24)27)12-15(20)2/h4-13,25H,3,14H2,1-2H3,(H2,24,27). The first-order valence-corrected chi connectivity index (χ1v) is 9.22.